The van der Waals surface area contributed by atoms with Crippen LogP contribution in [0.1, 0.15) is 18.4 Å². The minimum Gasteiger partial charge on any atom is -0.493 e. The van der Waals surface area contributed by atoms with E-state index in [1.165, 1.54) is 7.11 Å². The van der Waals surface area contributed by atoms with Crippen molar-refractivity contribution in [1.29, 1.82) is 0 Å². The third kappa shape index (κ3) is 4.06. The fourth-order valence-electron chi connectivity index (χ4n) is 2.54. The van der Waals surface area contributed by atoms with Crippen molar-refractivity contribution < 1.29 is 23.8 Å². The van der Waals surface area contributed by atoms with Gasteiger partial charge in [-0.05, 0) is 24.1 Å². The van der Waals surface area contributed by atoms with Crippen LogP contribution in [0.5, 0.6) is 17.2 Å². The molecular weight excluding hydrogens is 300 g/mol. The van der Waals surface area contributed by atoms with Gasteiger partial charge in [0.25, 0.3) is 0 Å². The minimum absolute atomic E-state index is 0.0351. The van der Waals surface area contributed by atoms with Crippen LogP contribution >= 0.6 is 0 Å². The molecule has 0 bridgehead atoms. The molecule has 2 rings (SSSR count). The van der Waals surface area contributed by atoms with E-state index in [1.807, 2.05) is 0 Å². The van der Waals surface area contributed by atoms with Gasteiger partial charge in [0.15, 0.2) is 11.5 Å². The third-order valence-corrected chi connectivity index (χ3v) is 3.72. The zero-order valence-corrected chi connectivity index (χ0v) is 13.7. The van der Waals surface area contributed by atoms with Gasteiger partial charge in [-0.25, -0.2) is 0 Å². The number of carbonyl (C=O) groups is 2. The predicted molar refractivity (Wildman–Crippen MR) is 83.8 cm³/mol. The number of rotatable bonds is 7. The largest absolute Gasteiger partial charge is 0.493 e. The molecule has 2 amide bonds. The van der Waals surface area contributed by atoms with E-state index in [9.17, 15) is 9.59 Å². The second-order valence-electron chi connectivity index (χ2n) is 5.23. The number of benzene rings is 1. The Morgan fingerprint density at radius 1 is 1.17 bits per heavy atom. The first-order valence-electron chi connectivity index (χ1n) is 7.42. The second-order valence-corrected chi connectivity index (χ2v) is 5.23. The summed E-state index contributed by atoms with van der Waals surface area (Å²) in [6, 6.07) is 3.56. The maximum absolute atomic E-state index is 12.0. The van der Waals surface area contributed by atoms with Crippen molar-refractivity contribution in [3.8, 4) is 17.2 Å². The van der Waals surface area contributed by atoms with Crippen molar-refractivity contribution in [1.82, 2.24) is 10.2 Å². The van der Waals surface area contributed by atoms with Crippen molar-refractivity contribution >= 4 is 11.8 Å². The molecule has 0 unspecified atom stereocenters. The van der Waals surface area contributed by atoms with Crippen LogP contribution in [0.4, 0.5) is 0 Å². The molecule has 7 heteroatoms. The molecule has 126 valence electrons. The molecule has 0 spiro atoms. The third-order valence-electron chi connectivity index (χ3n) is 3.72. The molecule has 1 aliphatic rings. The molecule has 1 fully saturated rings. The van der Waals surface area contributed by atoms with E-state index in [-0.39, 0.29) is 18.4 Å². The first kappa shape index (κ1) is 16.9. The lowest BCUT2D eigenvalue weighted by Crippen LogP contribution is -2.37. The number of carbonyl (C=O) groups excluding carboxylic acids is 2. The molecule has 1 heterocycles. The number of hydrogen-bond donors (Lipinski definition) is 1. The Morgan fingerprint density at radius 2 is 1.83 bits per heavy atom. The van der Waals surface area contributed by atoms with Crippen molar-refractivity contribution in [2.45, 2.75) is 19.4 Å². The van der Waals surface area contributed by atoms with E-state index < -0.39 is 0 Å². The number of nitrogens with zero attached hydrogens (tertiary/aromatic N) is 1. The zero-order valence-electron chi connectivity index (χ0n) is 13.7. The zero-order chi connectivity index (χ0) is 16.8. The molecular formula is C16H22N2O5. The summed E-state index contributed by atoms with van der Waals surface area (Å²) >= 11 is 0. The Kier molecular flexibility index (Phi) is 5.67. The van der Waals surface area contributed by atoms with Gasteiger partial charge in [0.05, 0.1) is 27.9 Å². The Bertz CT molecular complexity index is 563. The maximum atomic E-state index is 12.0. The lowest BCUT2D eigenvalue weighted by Gasteiger charge is -2.16. The number of likely N-dealkylation sites (tertiary alicyclic amines) is 1. The van der Waals surface area contributed by atoms with Crippen LogP contribution in [0.2, 0.25) is 0 Å². The highest BCUT2D eigenvalue weighted by Crippen LogP contribution is 2.38. The number of ether oxygens (including phenoxy) is 3. The molecule has 0 atom stereocenters. The van der Waals surface area contributed by atoms with Gasteiger partial charge in [-0.1, -0.05) is 0 Å². The molecule has 1 saturated heterocycles. The molecule has 0 saturated carbocycles. The average molecular weight is 322 g/mol. The highest BCUT2D eigenvalue weighted by Gasteiger charge is 2.22. The van der Waals surface area contributed by atoms with Gasteiger partial charge in [0.1, 0.15) is 0 Å². The molecule has 23 heavy (non-hydrogen) atoms. The Balaban J connectivity index is 1.99. The molecule has 1 N–H and O–H groups in total. The molecule has 0 aliphatic carbocycles. The maximum Gasteiger partial charge on any atom is 0.239 e. The van der Waals surface area contributed by atoms with Gasteiger partial charge in [-0.3, -0.25) is 9.59 Å². The van der Waals surface area contributed by atoms with Crippen LogP contribution in [0.3, 0.4) is 0 Å². The predicted octanol–water partition coefficient (Wildman–Crippen LogP) is 0.951. The van der Waals surface area contributed by atoms with Crippen LogP contribution in [0.15, 0.2) is 12.1 Å². The van der Waals surface area contributed by atoms with E-state index in [2.05, 4.69) is 5.32 Å². The summed E-state index contributed by atoms with van der Waals surface area (Å²) in [5.74, 6) is 1.42. The van der Waals surface area contributed by atoms with E-state index >= 15 is 0 Å². The highest BCUT2D eigenvalue weighted by molar-refractivity contribution is 5.85. The van der Waals surface area contributed by atoms with E-state index in [0.717, 1.165) is 12.0 Å². The summed E-state index contributed by atoms with van der Waals surface area (Å²) in [7, 11) is 4.62. The van der Waals surface area contributed by atoms with Gasteiger partial charge in [0.2, 0.25) is 17.6 Å². The fourth-order valence-corrected chi connectivity index (χ4v) is 2.54. The fraction of sp³-hybridized carbons (Fsp3) is 0.500. The summed E-state index contributed by atoms with van der Waals surface area (Å²) in [5, 5.41) is 2.80. The quantitative estimate of drug-likeness (QED) is 0.809. The minimum atomic E-state index is -0.186. The second kappa shape index (κ2) is 7.71. The molecule has 7 nitrogen and oxygen atoms in total. The van der Waals surface area contributed by atoms with E-state index in [0.29, 0.717) is 36.8 Å². The number of nitrogens with one attached hydrogen (secondary N) is 1. The summed E-state index contributed by atoms with van der Waals surface area (Å²) in [5.41, 5.74) is 0.820. The monoisotopic (exact) mass is 322 g/mol. The smallest absolute Gasteiger partial charge is 0.239 e. The SMILES string of the molecule is COc1cc(CNC(=O)CN2CCCC2=O)cc(OC)c1OC. The van der Waals surface area contributed by atoms with E-state index in [1.54, 1.807) is 31.3 Å². The highest BCUT2D eigenvalue weighted by atomic mass is 16.5. The van der Waals surface area contributed by atoms with Crippen molar-refractivity contribution in [2.24, 2.45) is 0 Å². The van der Waals surface area contributed by atoms with Crippen molar-refractivity contribution in [2.75, 3.05) is 34.4 Å². The lowest BCUT2D eigenvalue weighted by atomic mass is 10.1. The number of methoxy groups -OCH3 is 3. The van der Waals surface area contributed by atoms with Gasteiger partial charge in [0, 0.05) is 19.5 Å². The van der Waals surface area contributed by atoms with Crippen molar-refractivity contribution in [3.05, 3.63) is 17.7 Å². The Labute approximate surface area is 135 Å². The number of amides is 2. The van der Waals surface area contributed by atoms with Gasteiger partial charge in [-0.2, -0.15) is 0 Å². The Morgan fingerprint density at radius 3 is 2.30 bits per heavy atom. The normalized spacial score (nSPS) is 13.9. The molecule has 0 radical (unpaired) electrons. The topological polar surface area (TPSA) is 77.1 Å². The van der Waals surface area contributed by atoms with Crippen LogP contribution in [0, 0.1) is 0 Å². The number of hydrogen-bond acceptors (Lipinski definition) is 5. The summed E-state index contributed by atoms with van der Waals surface area (Å²) < 4.78 is 15.8. The first-order valence-corrected chi connectivity index (χ1v) is 7.42. The van der Waals surface area contributed by atoms with Crippen LogP contribution in [0.25, 0.3) is 0 Å². The van der Waals surface area contributed by atoms with Crippen molar-refractivity contribution in [3.63, 3.8) is 0 Å². The Hall–Kier alpha value is -2.44. The van der Waals surface area contributed by atoms with Crippen LogP contribution in [-0.4, -0.2) is 51.1 Å². The summed E-state index contributed by atoms with van der Waals surface area (Å²) in [6.07, 6.45) is 1.35. The van der Waals surface area contributed by atoms with Gasteiger partial charge >= 0.3 is 0 Å². The van der Waals surface area contributed by atoms with Gasteiger partial charge in [-0.15, -0.1) is 0 Å². The molecule has 1 aromatic rings. The lowest BCUT2D eigenvalue weighted by molar-refractivity contribution is -0.133. The standard InChI is InChI=1S/C16H22N2O5/c1-21-12-7-11(8-13(22-2)16(12)23-3)9-17-14(19)10-18-6-4-5-15(18)20/h7-8H,4-6,9-10H2,1-3H3,(H,17,19). The summed E-state index contributed by atoms with van der Waals surface area (Å²) in [6.45, 7) is 1.07. The molecule has 0 aromatic heterocycles. The average Bonchev–Trinajstić information content (AvgIpc) is 2.96. The summed E-state index contributed by atoms with van der Waals surface area (Å²) in [4.78, 5) is 25.1. The van der Waals surface area contributed by atoms with Crippen LogP contribution < -0.4 is 19.5 Å². The molecule has 1 aromatic carbocycles. The van der Waals surface area contributed by atoms with Crippen LogP contribution in [-0.2, 0) is 16.1 Å². The van der Waals surface area contributed by atoms with E-state index in [4.69, 9.17) is 14.2 Å². The van der Waals surface area contributed by atoms with Gasteiger partial charge < -0.3 is 24.4 Å². The molecule has 1 aliphatic heterocycles. The first-order chi connectivity index (χ1) is 11.1.